The summed E-state index contributed by atoms with van der Waals surface area (Å²) in [7, 11) is 0. The summed E-state index contributed by atoms with van der Waals surface area (Å²) in [4.78, 5) is 22.2. The number of morpholine rings is 1. The summed E-state index contributed by atoms with van der Waals surface area (Å²) in [6.45, 7) is 4.31. The molecule has 1 aliphatic heterocycles. The number of ether oxygens (including phenoxy) is 1. The molecule has 8 nitrogen and oxygen atoms in total. The van der Waals surface area contributed by atoms with E-state index in [0.717, 1.165) is 43.9 Å². The van der Waals surface area contributed by atoms with E-state index in [9.17, 15) is 4.79 Å². The second-order valence-electron chi connectivity index (χ2n) is 6.06. The zero-order valence-corrected chi connectivity index (χ0v) is 13.0. The molecule has 0 saturated carbocycles. The Bertz CT molecular complexity index is 1100. The van der Waals surface area contributed by atoms with Crippen molar-refractivity contribution in [2.45, 2.75) is 6.54 Å². The first-order valence-corrected chi connectivity index (χ1v) is 7.96. The topological polar surface area (TPSA) is 91.3 Å². The highest BCUT2D eigenvalue weighted by Crippen LogP contribution is 2.21. The molecule has 0 atom stereocenters. The van der Waals surface area contributed by atoms with Crippen LogP contribution >= 0.6 is 0 Å². The summed E-state index contributed by atoms with van der Waals surface area (Å²) in [5.41, 5.74) is 4.49. The summed E-state index contributed by atoms with van der Waals surface area (Å²) in [6, 6.07) is 6.06. The van der Waals surface area contributed by atoms with Crippen molar-refractivity contribution in [3.05, 3.63) is 40.4 Å². The van der Waals surface area contributed by atoms with Crippen LogP contribution in [0.25, 0.3) is 27.7 Å². The molecule has 0 amide bonds. The second kappa shape index (κ2) is 5.15. The number of rotatable bonds is 2. The van der Waals surface area contributed by atoms with Gasteiger partial charge in [-0.05, 0) is 17.7 Å². The van der Waals surface area contributed by atoms with Gasteiger partial charge < -0.3 is 9.72 Å². The molecule has 5 rings (SSSR count). The van der Waals surface area contributed by atoms with Crippen LogP contribution in [-0.2, 0) is 11.3 Å². The highest BCUT2D eigenvalue weighted by Gasteiger charge is 2.15. The van der Waals surface area contributed by atoms with Crippen LogP contribution < -0.4 is 5.69 Å². The third-order valence-electron chi connectivity index (χ3n) is 4.53. The van der Waals surface area contributed by atoms with Gasteiger partial charge in [0, 0.05) is 25.8 Å². The first-order chi connectivity index (χ1) is 11.8. The lowest BCUT2D eigenvalue weighted by molar-refractivity contribution is 0.0342. The van der Waals surface area contributed by atoms with Gasteiger partial charge in [-0.3, -0.25) is 10.00 Å². The predicted molar refractivity (Wildman–Crippen MR) is 89.1 cm³/mol. The predicted octanol–water partition coefficient (Wildman–Crippen LogP) is 0.884. The molecule has 1 fully saturated rings. The number of hydrogen-bond donors (Lipinski definition) is 2. The molecule has 2 N–H and O–H groups in total. The molecule has 1 aromatic carbocycles. The molecule has 4 heterocycles. The van der Waals surface area contributed by atoms with Crippen LogP contribution in [-0.4, -0.2) is 55.8 Å². The van der Waals surface area contributed by atoms with Crippen LogP contribution in [0.4, 0.5) is 0 Å². The van der Waals surface area contributed by atoms with Crippen molar-refractivity contribution in [3.63, 3.8) is 0 Å². The minimum Gasteiger partial charge on any atom is -0.379 e. The fourth-order valence-electron chi connectivity index (χ4n) is 3.33. The van der Waals surface area contributed by atoms with Crippen molar-refractivity contribution in [1.82, 2.24) is 29.5 Å². The van der Waals surface area contributed by atoms with Crippen molar-refractivity contribution in [1.29, 1.82) is 0 Å². The Morgan fingerprint density at radius 2 is 2.12 bits per heavy atom. The fourth-order valence-corrected chi connectivity index (χ4v) is 3.33. The van der Waals surface area contributed by atoms with Crippen LogP contribution in [0.1, 0.15) is 5.56 Å². The normalized spacial score (nSPS) is 16.5. The van der Waals surface area contributed by atoms with Gasteiger partial charge in [-0.15, -0.1) is 0 Å². The zero-order valence-electron chi connectivity index (χ0n) is 13.0. The molecule has 1 saturated heterocycles. The Morgan fingerprint density at radius 1 is 1.25 bits per heavy atom. The molecule has 4 aromatic rings. The minimum atomic E-state index is -0.206. The molecule has 24 heavy (non-hydrogen) atoms. The quantitative estimate of drug-likeness (QED) is 0.571. The van der Waals surface area contributed by atoms with Gasteiger partial charge in [-0.2, -0.15) is 5.10 Å². The van der Waals surface area contributed by atoms with Gasteiger partial charge >= 0.3 is 5.69 Å². The summed E-state index contributed by atoms with van der Waals surface area (Å²) in [5.74, 6) is 0. The Morgan fingerprint density at radius 3 is 3.00 bits per heavy atom. The van der Waals surface area contributed by atoms with Crippen LogP contribution in [0.3, 0.4) is 0 Å². The van der Waals surface area contributed by atoms with Crippen molar-refractivity contribution in [2.24, 2.45) is 0 Å². The Kier molecular flexibility index (Phi) is 2.94. The zero-order chi connectivity index (χ0) is 16.1. The van der Waals surface area contributed by atoms with Gasteiger partial charge in [0.05, 0.1) is 29.8 Å². The SMILES string of the molecule is O=c1[nH]c2c[nH]nc2c2nc3cc(CN4CCOCC4)ccc3n12. The van der Waals surface area contributed by atoms with Crippen molar-refractivity contribution in [2.75, 3.05) is 26.3 Å². The summed E-state index contributed by atoms with van der Waals surface area (Å²) in [6.07, 6.45) is 1.67. The highest BCUT2D eigenvalue weighted by atomic mass is 16.5. The standard InChI is InChI=1S/C16H16N6O2/c23-16-19-12-8-17-20-14(12)15-18-11-7-10(1-2-13(11)22(15)16)9-21-3-5-24-6-4-21/h1-2,7-8H,3-6,9H2,(H,17,20)(H,19,23). The number of benzene rings is 1. The number of H-pyrrole nitrogens is 2. The van der Waals surface area contributed by atoms with Gasteiger partial charge in [0.2, 0.25) is 0 Å². The number of imidazole rings is 1. The van der Waals surface area contributed by atoms with Gasteiger partial charge in [0.1, 0.15) is 0 Å². The van der Waals surface area contributed by atoms with Crippen LogP contribution in [0.2, 0.25) is 0 Å². The number of hydrogen-bond acceptors (Lipinski definition) is 5. The summed E-state index contributed by atoms with van der Waals surface area (Å²) in [5, 5.41) is 6.97. The molecule has 3 aromatic heterocycles. The maximum Gasteiger partial charge on any atom is 0.332 e. The lowest BCUT2D eigenvalue weighted by Gasteiger charge is -2.26. The molecule has 122 valence electrons. The van der Waals surface area contributed by atoms with E-state index < -0.39 is 0 Å². The van der Waals surface area contributed by atoms with Crippen molar-refractivity contribution < 1.29 is 4.74 Å². The summed E-state index contributed by atoms with van der Waals surface area (Å²) < 4.78 is 6.97. The third-order valence-corrected chi connectivity index (χ3v) is 4.53. The highest BCUT2D eigenvalue weighted by molar-refractivity contribution is 5.93. The van der Waals surface area contributed by atoms with Gasteiger partial charge in [-0.25, -0.2) is 14.2 Å². The van der Waals surface area contributed by atoms with E-state index in [4.69, 9.17) is 4.74 Å². The van der Waals surface area contributed by atoms with Crippen molar-refractivity contribution in [3.8, 4) is 0 Å². The first kappa shape index (κ1) is 13.7. The second-order valence-corrected chi connectivity index (χ2v) is 6.06. The number of nitrogens with one attached hydrogen (secondary N) is 2. The minimum absolute atomic E-state index is 0.206. The largest absolute Gasteiger partial charge is 0.379 e. The fraction of sp³-hybridized carbons (Fsp3) is 0.312. The lowest BCUT2D eigenvalue weighted by Crippen LogP contribution is -2.35. The average Bonchev–Trinajstić information content (AvgIpc) is 3.19. The maximum absolute atomic E-state index is 12.4. The monoisotopic (exact) mass is 324 g/mol. The Balaban J connectivity index is 1.65. The van der Waals surface area contributed by atoms with Gasteiger partial charge in [-0.1, -0.05) is 6.07 Å². The number of aromatic amines is 2. The van der Waals surface area contributed by atoms with Crippen LogP contribution in [0.15, 0.2) is 29.2 Å². The molecule has 0 radical (unpaired) electrons. The van der Waals surface area contributed by atoms with Crippen molar-refractivity contribution >= 4 is 27.7 Å². The van der Waals surface area contributed by atoms with Crippen LogP contribution in [0, 0.1) is 0 Å². The van der Waals surface area contributed by atoms with E-state index >= 15 is 0 Å². The molecule has 0 spiro atoms. The van der Waals surface area contributed by atoms with E-state index in [1.807, 2.05) is 6.07 Å². The average molecular weight is 324 g/mol. The van der Waals surface area contributed by atoms with Gasteiger partial charge in [0.15, 0.2) is 11.2 Å². The smallest absolute Gasteiger partial charge is 0.332 e. The van der Waals surface area contributed by atoms with E-state index in [-0.39, 0.29) is 5.69 Å². The molecule has 0 aliphatic carbocycles. The number of fused-ring (bicyclic) bond motifs is 5. The molecule has 1 aliphatic rings. The third kappa shape index (κ3) is 2.04. The Labute approximate surface area is 136 Å². The molecule has 0 unspecified atom stereocenters. The molecular weight excluding hydrogens is 308 g/mol. The van der Waals surface area contributed by atoms with E-state index in [1.54, 1.807) is 10.6 Å². The van der Waals surface area contributed by atoms with Gasteiger partial charge in [0.25, 0.3) is 0 Å². The molecule has 8 heteroatoms. The Hall–Kier alpha value is -2.71. The summed E-state index contributed by atoms with van der Waals surface area (Å²) >= 11 is 0. The van der Waals surface area contributed by atoms with Crippen LogP contribution in [0.5, 0.6) is 0 Å². The molecule has 0 bridgehead atoms. The van der Waals surface area contributed by atoms with E-state index in [2.05, 4.69) is 37.2 Å². The maximum atomic E-state index is 12.4. The number of aromatic nitrogens is 5. The molecular formula is C16H16N6O2. The van der Waals surface area contributed by atoms with E-state index in [0.29, 0.717) is 16.7 Å². The first-order valence-electron chi connectivity index (χ1n) is 7.96. The number of nitrogens with zero attached hydrogens (tertiary/aromatic N) is 4. The lowest BCUT2D eigenvalue weighted by atomic mass is 10.2. The van der Waals surface area contributed by atoms with E-state index in [1.165, 1.54) is 5.56 Å².